The standard InChI is InChI=1S/C48H56ClN5O5S/c1-32-26-41(14-17-44(32)51-30-33-4-11-39(55)12-5-33)60(57,58)52-47(56)42-15-10-38(28-46(42)59-40-13-16-45-35(27-40)19-21-50-45)54-24-22-53(23-25-54)31-36-18-20-48(2,3)29-43(36)34-6-8-37(49)9-7-34/h6-10,13-17,19,21,26-28,33,39,50-51,55H,4-5,11-12,18,20,22-25,29-31H2,1-3H3,(H,52,56)/t33-,39-. The predicted molar refractivity (Wildman–Crippen MR) is 242 cm³/mol. The molecule has 1 aromatic heterocycles. The maximum atomic E-state index is 13.9. The fourth-order valence-corrected chi connectivity index (χ4v) is 10.1. The Morgan fingerprint density at radius 3 is 2.45 bits per heavy atom. The fraction of sp³-hybridized carbons (Fsp3) is 0.396. The fourth-order valence-electron chi connectivity index (χ4n) is 8.94. The quantitative estimate of drug-likeness (QED) is 0.0978. The molecule has 0 radical (unpaired) electrons. The second-order valence-corrected chi connectivity index (χ2v) is 19.8. The van der Waals surface area contributed by atoms with Crippen LogP contribution in [0.3, 0.4) is 0 Å². The van der Waals surface area contributed by atoms with Crippen LogP contribution in [0.5, 0.6) is 11.5 Å². The van der Waals surface area contributed by atoms with Crippen molar-refractivity contribution in [1.82, 2.24) is 14.6 Å². The van der Waals surface area contributed by atoms with Crippen molar-refractivity contribution in [3.8, 4) is 11.5 Å². The zero-order valence-corrected chi connectivity index (χ0v) is 36.3. The van der Waals surface area contributed by atoms with E-state index < -0.39 is 15.9 Å². The molecule has 5 aromatic rings. The number of aromatic amines is 1. The number of aliphatic hydroxyl groups is 1. The summed E-state index contributed by atoms with van der Waals surface area (Å²) in [7, 11) is -4.22. The molecule has 12 heteroatoms. The van der Waals surface area contributed by atoms with E-state index in [9.17, 15) is 18.3 Å². The van der Waals surface area contributed by atoms with Gasteiger partial charge in [-0.3, -0.25) is 9.69 Å². The minimum atomic E-state index is -4.22. The van der Waals surface area contributed by atoms with Gasteiger partial charge >= 0.3 is 0 Å². The van der Waals surface area contributed by atoms with Gasteiger partial charge < -0.3 is 25.0 Å². The predicted octanol–water partition coefficient (Wildman–Crippen LogP) is 9.79. The molecule has 1 amide bonds. The molecule has 2 heterocycles. The lowest BCUT2D eigenvalue weighted by molar-refractivity contribution is 0.0979. The van der Waals surface area contributed by atoms with E-state index in [0.717, 1.165) is 117 Å². The highest BCUT2D eigenvalue weighted by Crippen LogP contribution is 2.43. The molecule has 60 heavy (non-hydrogen) atoms. The summed E-state index contributed by atoms with van der Waals surface area (Å²) >= 11 is 6.25. The van der Waals surface area contributed by atoms with Crippen molar-refractivity contribution < 1.29 is 23.1 Å². The van der Waals surface area contributed by atoms with E-state index in [0.29, 0.717) is 11.7 Å². The summed E-state index contributed by atoms with van der Waals surface area (Å²) in [5.74, 6) is 0.485. The number of amides is 1. The number of fused-ring (bicyclic) bond motifs is 1. The second-order valence-electron chi connectivity index (χ2n) is 17.7. The minimum Gasteiger partial charge on any atom is -0.456 e. The lowest BCUT2D eigenvalue weighted by Crippen LogP contribution is -2.47. The smallest absolute Gasteiger partial charge is 0.268 e. The van der Waals surface area contributed by atoms with Crippen LogP contribution >= 0.6 is 11.6 Å². The molecule has 1 saturated heterocycles. The molecular weight excluding hydrogens is 794 g/mol. The van der Waals surface area contributed by atoms with Gasteiger partial charge in [0.1, 0.15) is 11.5 Å². The number of H-pyrrole nitrogens is 1. The van der Waals surface area contributed by atoms with Gasteiger partial charge in [-0.05, 0) is 147 Å². The number of aromatic nitrogens is 1. The van der Waals surface area contributed by atoms with Gasteiger partial charge in [-0.2, -0.15) is 0 Å². The number of nitrogens with zero attached hydrogens (tertiary/aromatic N) is 2. The summed E-state index contributed by atoms with van der Waals surface area (Å²) in [5.41, 5.74) is 8.03. The number of nitrogens with one attached hydrogen (secondary N) is 3. The van der Waals surface area contributed by atoms with Crippen molar-refractivity contribution in [2.24, 2.45) is 11.3 Å². The van der Waals surface area contributed by atoms with Crippen LogP contribution in [0.1, 0.15) is 80.3 Å². The van der Waals surface area contributed by atoms with Crippen LogP contribution in [-0.2, 0) is 10.0 Å². The number of sulfonamides is 1. The molecule has 1 aliphatic heterocycles. The largest absolute Gasteiger partial charge is 0.456 e. The highest BCUT2D eigenvalue weighted by Gasteiger charge is 2.30. The number of aryl methyl sites for hydroxylation is 1. The van der Waals surface area contributed by atoms with Crippen LogP contribution < -0.4 is 19.7 Å². The first-order valence-corrected chi connectivity index (χ1v) is 23.1. The maximum absolute atomic E-state index is 13.9. The lowest BCUT2D eigenvalue weighted by Gasteiger charge is -2.39. The zero-order valence-electron chi connectivity index (χ0n) is 34.8. The van der Waals surface area contributed by atoms with Crippen LogP contribution in [0.25, 0.3) is 16.5 Å². The molecule has 1 saturated carbocycles. The molecule has 2 fully saturated rings. The molecule has 316 valence electrons. The third-order valence-corrected chi connectivity index (χ3v) is 14.2. The number of allylic oxidation sites excluding steroid dienone is 1. The van der Waals surface area contributed by atoms with E-state index in [4.69, 9.17) is 16.3 Å². The number of benzene rings is 4. The zero-order chi connectivity index (χ0) is 42.0. The highest BCUT2D eigenvalue weighted by molar-refractivity contribution is 7.90. The summed E-state index contributed by atoms with van der Waals surface area (Å²) in [6.07, 6.45) is 8.47. The Morgan fingerprint density at radius 2 is 1.70 bits per heavy atom. The van der Waals surface area contributed by atoms with Gasteiger partial charge in [0.2, 0.25) is 0 Å². The molecule has 0 unspecified atom stereocenters. The first-order valence-electron chi connectivity index (χ1n) is 21.2. The van der Waals surface area contributed by atoms with Crippen molar-refractivity contribution >= 4 is 55.4 Å². The van der Waals surface area contributed by atoms with Gasteiger partial charge in [0, 0.05) is 78.8 Å². The molecule has 3 aliphatic rings. The van der Waals surface area contributed by atoms with E-state index in [-0.39, 0.29) is 27.7 Å². The molecule has 4 N–H and O–H groups in total. The molecule has 4 aromatic carbocycles. The number of aliphatic hydroxyl groups excluding tert-OH is 1. The summed E-state index contributed by atoms with van der Waals surface area (Å²) in [6, 6.07) is 26.1. The van der Waals surface area contributed by atoms with Crippen LogP contribution in [0.15, 0.2) is 102 Å². The Balaban J connectivity index is 0.979. The molecule has 8 rings (SSSR count). The normalized spacial score (nSPS) is 20.0. The number of carbonyl (C=O) groups is 1. The Morgan fingerprint density at radius 1 is 0.933 bits per heavy atom. The van der Waals surface area contributed by atoms with Crippen LogP contribution in [0.2, 0.25) is 5.02 Å². The van der Waals surface area contributed by atoms with E-state index in [1.807, 2.05) is 61.7 Å². The number of anilines is 2. The van der Waals surface area contributed by atoms with E-state index in [1.165, 1.54) is 22.8 Å². The maximum Gasteiger partial charge on any atom is 0.268 e. The van der Waals surface area contributed by atoms with Crippen LogP contribution in [0, 0.1) is 18.3 Å². The van der Waals surface area contributed by atoms with Gasteiger partial charge in [-0.1, -0.05) is 43.2 Å². The van der Waals surface area contributed by atoms with Crippen molar-refractivity contribution in [3.63, 3.8) is 0 Å². The van der Waals surface area contributed by atoms with Crippen molar-refractivity contribution in [3.05, 3.63) is 118 Å². The Hall–Kier alpha value is -4.81. The van der Waals surface area contributed by atoms with Gasteiger partial charge in [-0.15, -0.1) is 0 Å². The Kier molecular flexibility index (Phi) is 12.3. The summed E-state index contributed by atoms with van der Waals surface area (Å²) < 4.78 is 36.1. The summed E-state index contributed by atoms with van der Waals surface area (Å²) in [4.78, 5) is 22.0. The summed E-state index contributed by atoms with van der Waals surface area (Å²) in [5, 5.41) is 15.0. The Bertz CT molecular complexity index is 2480. The van der Waals surface area contributed by atoms with Crippen molar-refractivity contribution in [2.45, 2.75) is 76.7 Å². The third kappa shape index (κ3) is 9.86. The molecule has 2 aliphatic carbocycles. The van der Waals surface area contributed by atoms with E-state index in [1.54, 1.807) is 18.2 Å². The van der Waals surface area contributed by atoms with Gasteiger partial charge in [0.05, 0.1) is 16.6 Å². The van der Waals surface area contributed by atoms with Gasteiger partial charge in [-0.25, -0.2) is 13.1 Å². The molecule has 0 spiro atoms. The Labute approximate surface area is 359 Å². The first kappa shape index (κ1) is 41.9. The molecular formula is C48H56ClN5O5S. The summed E-state index contributed by atoms with van der Waals surface area (Å²) in [6.45, 7) is 11.6. The molecule has 0 bridgehead atoms. The van der Waals surface area contributed by atoms with Gasteiger partial charge in [0.15, 0.2) is 0 Å². The van der Waals surface area contributed by atoms with Gasteiger partial charge in [0.25, 0.3) is 15.9 Å². The number of piperazine rings is 1. The second kappa shape index (κ2) is 17.7. The van der Waals surface area contributed by atoms with Crippen LogP contribution in [-0.4, -0.2) is 74.7 Å². The monoisotopic (exact) mass is 849 g/mol. The highest BCUT2D eigenvalue weighted by atomic mass is 35.5. The van der Waals surface area contributed by atoms with E-state index in [2.05, 4.69) is 50.8 Å². The van der Waals surface area contributed by atoms with Crippen molar-refractivity contribution in [1.29, 1.82) is 0 Å². The topological polar surface area (TPSA) is 127 Å². The van der Waals surface area contributed by atoms with Crippen LogP contribution in [0.4, 0.5) is 11.4 Å². The lowest BCUT2D eigenvalue weighted by atomic mass is 9.72. The number of rotatable bonds is 12. The molecule has 0 atom stereocenters. The number of halogens is 1. The van der Waals surface area contributed by atoms with Crippen molar-refractivity contribution in [2.75, 3.05) is 49.5 Å². The third-order valence-electron chi connectivity index (χ3n) is 12.6. The molecule has 10 nitrogen and oxygen atoms in total. The SMILES string of the molecule is Cc1cc(S(=O)(=O)NC(=O)c2ccc(N3CCN(CC4=C(c5ccc(Cl)cc5)CC(C)(C)CC4)CC3)cc2Oc2ccc3[nH]ccc3c2)ccc1NC[C@H]1CC[C@H](O)CC1. The van der Waals surface area contributed by atoms with E-state index >= 15 is 0 Å². The number of ether oxygens (including phenoxy) is 1. The number of carbonyl (C=O) groups excluding carboxylic acids is 1. The minimum absolute atomic E-state index is 0.00236. The number of hydrogen-bond acceptors (Lipinski definition) is 8. The first-order chi connectivity index (χ1) is 28.8. The average Bonchev–Trinajstić information content (AvgIpc) is 3.70. The average molecular weight is 851 g/mol. The number of hydrogen-bond donors (Lipinski definition) is 4.